The summed E-state index contributed by atoms with van der Waals surface area (Å²) >= 11 is 10.8. The lowest BCUT2D eigenvalue weighted by molar-refractivity contribution is 0.524. The van der Waals surface area contributed by atoms with E-state index in [1.165, 1.54) is 6.07 Å². The number of benzene rings is 1. The van der Waals surface area contributed by atoms with Gasteiger partial charge in [-0.05, 0) is 31.0 Å². The molecular weight excluding hydrogens is 323 g/mol. The molecule has 3 N–H and O–H groups in total. The van der Waals surface area contributed by atoms with E-state index in [1.807, 2.05) is 0 Å². The summed E-state index contributed by atoms with van der Waals surface area (Å²) < 4.78 is 40.3. The second-order valence-corrected chi connectivity index (χ2v) is 7.30. The number of halogens is 2. The Labute approximate surface area is 127 Å². The molecule has 0 saturated heterocycles. The number of rotatable bonds is 4. The number of thiocarbonyl (C=S) groups is 1. The fourth-order valence-corrected chi connectivity index (χ4v) is 4.49. The van der Waals surface area contributed by atoms with Gasteiger partial charge in [0.25, 0.3) is 0 Å². The molecule has 0 spiro atoms. The number of hydrogen-bond acceptors (Lipinski definition) is 3. The van der Waals surface area contributed by atoms with Gasteiger partial charge in [-0.2, -0.15) is 0 Å². The van der Waals surface area contributed by atoms with Gasteiger partial charge in [0.1, 0.15) is 10.7 Å². The van der Waals surface area contributed by atoms with Crippen LogP contribution in [0.2, 0.25) is 5.02 Å². The summed E-state index contributed by atoms with van der Waals surface area (Å²) in [4.78, 5) is 0.0216. The molecule has 1 aliphatic carbocycles. The molecule has 20 heavy (non-hydrogen) atoms. The summed E-state index contributed by atoms with van der Waals surface area (Å²) in [6.45, 7) is 0. The summed E-state index contributed by atoms with van der Waals surface area (Å²) in [5, 5.41) is -0.0243. The Bertz CT molecular complexity index is 636. The van der Waals surface area contributed by atoms with Crippen LogP contribution >= 0.6 is 23.8 Å². The Balaban J connectivity index is 2.27. The molecule has 4 nitrogen and oxygen atoms in total. The first-order valence-electron chi connectivity index (χ1n) is 6.08. The highest BCUT2D eigenvalue weighted by Crippen LogP contribution is 2.29. The first kappa shape index (κ1) is 15.6. The van der Waals surface area contributed by atoms with Gasteiger partial charge in [-0.1, -0.05) is 30.2 Å². The zero-order valence-electron chi connectivity index (χ0n) is 10.5. The van der Waals surface area contributed by atoms with Gasteiger partial charge in [0.05, 0.1) is 10.0 Å². The average molecular weight is 337 g/mol. The van der Waals surface area contributed by atoms with E-state index >= 15 is 0 Å². The minimum atomic E-state index is -3.90. The van der Waals surface area contributed by atoms with Crippen molar-refractivity contribution in [3.63, 3.8) is 0 Å². The van der Waals surface area contributed by atoms with Crippen LogP contribution in [0.5, 0.6) is 0 Å². The molecule has 0 radical (unpaired) electrons. The molecular formula is C12H14ClFN2O2S2. The molecule has 0 aromatic heterocycles. The second-order valence-electron chi connectivity index (χ2n) is 4.74. The first-order chi connectivity index (χ1) is 9.31. The Morgan fingerprint density at radius 2 is 2.15 bits per heavy atom. The Morgan fingerprint density at radius 1 is 1.45 bits per heavy atom. The van der Waals surface area contributed by atoms with E-state index in [2.05, 4.69) is 4.72 Å². The van der Waals surface area contributed by atoms with Crippen LogP contribution in [0.4, 0.5) is 4.39 Å². The van der Waals surface area contributed by atoms with E-state index in [0.29, 0.717) is 11.4 Å². The van der Waals surface area contributed by atoms with Gasteiger partial charge < -0.3 is 5.73 Å². The molecule has 1 fully saturated rings. The van der Waals surface area contributed by atoms with Gasteiger partial charge >= 0.3 is 0 Å². The van der Waals surface area contributed by atoms with Crippen molar-refractivity contribution in [2.45, 2.75) is 30.2 Å². The maximum atomic E-state index is 13.2. The normalized spacial score (nSPS) is 22.9. The van der Waals surface area contributed by atoms with Crippen molar-refractivity contribution in [3.8, 4) is 0 Å². The highest BCUT2D eigenvalue weighted by Gasteiger charge is 2.33. The number of nitrogens with one attached hydrogen (secondary N) is 1. The largest absolute Gasteiger partial charge is 0.393 e. The van der Waals surface area contributed by atoms with Crippen LogP contribution in [-0.2, 0) is 10.0 Å². The predicted octanol–water partition coefficient (Wildman–Crippen LogP) is 2.21. The van der Waals surface area contributed by atoms with Crippen LogP contribution < -0.4 is 10.5 Å². The van der Waals surface area contributed by atoms with E-state index in [9.17, 15) is 12.8 Å². The van der Waals surface area contributed by atoms with Gasteiger partial charge in [0.15, 0.2) is 0 Å². The van der Waals surface area contributed by atoms with E-state index in [1.54, 1.807) is 0 Å². The molecule has 0 amide bonds. The van der Waals surface area contributed by atoms with Gasteiger partial charge in [-0.15, -0.1) is 0 Å². The second kappa shape index (κ2) is 5.93. The lowest BCUT2D eigenvalue weighted by Gasteiger charge is -2.20. The van der Waals surface area contributed by atoms with Crippen LogP contribution in [-0.4, -0.2) is 19.4 Å². The fourth-order valence-electron chi connectivity index (χ4n) is 2.39. The number of sulfonamides is 1. The Morgan fingerprint density at radius 3 is 2.80 bits per heavy atom. The topological polar surface area (TPSA) is 72.2 Å². The standard InChI is InChI=1S/C12H14ClFN2O2S2/c13-9-5-4-7(14)6-11(9)20(17,18)16-10-3-1-2-8(10)12(15)19/h4-6,8,10,16H,1-3H2,(H2,15,19). The monoisotopic (exact) mass is 336 g/mol. The molecule has 1 aromatic carbocycles. The fraction of sp³-hybridized carbons (Fsp3) is 0.417. The van der Waals surface area contributed by atoms with Crippen molar-refractivity contribution in [1.82, 2.24) is 4.72 Å². The zero-order valence-corrected chi connectivity index (χ0v) is 12.9. The average Bonchev–Trinajstić information content (AvgIpc) is 2.79. The van der Waals surface area contributed by atoms with Crippen molar-refractivity contribution < 1.29 is 12.8 Å². The van der Waals surface area contributed by atoms with Crippen LogP contribution in [0.1, 0.15) is 19.3 Å². The summed E-state index contributed by atoms with van der Waals surface area (Å²) in [7, 11) is -3.90. The third-order valence-corrected chi connectivity index (χ3v) is 5.64. The van der Waals surface area contributed by atoms with Crippen molar-refractivity contribution in [3.05, 3.63) is 29.0 Å². The number of nitrogens with two attached hydrogens (primary N) is 1. The van der Waals surface area contributed by atoms with E-state index < -0.39 is 15.8 Å². The van der Waals surface area contributed by atoms with Gasteiger partial charge in [0, 0.05) is 12.0 Å². The van der Waals surface area contributed by atoms with E-state index in [0.717, 1.165) is 25.0 Å². The molecule has 2 atom stereocenters. The maximum absolute atomic E-state index is 13.2. The Hall–Kier alpha value is -0.760. The highest BCUT2D eigenvalue weighted by atomic mass is 35.5. The molecule has 1 saturated carbocycles. The summed E-state index contributed by atoms with van der Waals surface area (Å²) in [5.41, 5.74) is 5.61. The van der Waals surface area contributed by atoms with Crippen molar-refractivity contribution in [2.24, 2.45) is 11.7 Å². The predicted molar refractivity (Wildman–Crippen MR) is 79.6 cm³/mol. The third kappa shape index (κ3) is 3.28. The molecule has 8 heteroatoms. The third-order valence-electron chi connectivity index (χ3n) is 3.37. The maximum Gasteiger partial charge on any atom is 0.242 e. The van der Waals surface area contributed by atoms with Crippen molar-refractivity contribution >= 4 is 38.8 Å². The molecule has 110 valence electrons. The van der Waals surface area contributed by atoms with Gasteiger partial charge in [-0.25, -0.2) is 17.5 Å². The van der Waals surface area contributed by atoms with Crippen LogP contribution in [0.15, 0.2) is 23.1 Å². The van der Waals surface area contributed by atoms with Crippen LogP contribution in [0.25, 0.3) is 0 Å². The minimum absolute atomic E-state index is 0.0243. The Kier molecular flexibility index (Phi) is 4.63. The van der Waals surface area contributed by atoms with Gasteiger partial charge in [0.2, 0.25) is 10.0 Å². The van der Waals surface area contributed by atoms with Crippen molar-refractivity contribution in [1.29, 1.82) is 0 Å². The zero-order chi connectivity index (χ0) is 14.9. The SMILES string of the molecule is NC(=S)C1CCCC1NS(=O)(=O)c1cc(F)ccc1Cl. The molecule has 1 aliphatic rings. The molecule has 1 aromatic rings. The van der Waals surface area contributed by atoms with E-state index in [4.69, 9.17) is 29.6 Å². The number of hydrogen-bond donors (Lipinski definition) is 2. The quantitative estimate of drug-likeness (QED) is 0.827. The lowest BCUT2D eigenvalue weighted by Crippen LogP contribution is -2.41. The van der Waals surface area contributed by atoms with E-state index in [-0.39, 0.29) is 21.9 Å². The molecule has 2 unspecified atom stereocenters. The van der Waals surface area contributed by atoms with Crippen molar-refractivity contribution in [2.75, 3.05) is 0 Å². The molecule has 0 bridgehead atoms. The summed E-state index contributed by atoms with van der Waals surface area (Å²) in [6.07, 6.45) is 2.24. The molecule has 0 aliphatic heterocycles. The molecule has 2 rings (SSSR count). The van der Waals surface area contributed by atoms with Crippen LogP contribution in [0.3, 0.4) is 0 Å². The first-order valence-corrected chi connectivity index (χ1v) is 8.35. The molecule has 0 heterocycles. The van der Waals surface area contributed by atoms with Crippen LogP contribution in [0, 0.1) is 11.7 Å². The summed E-state index contributed by atoms with van der Waals surface area (Å²) in [6, 6.07) is 2.85. The highest BCUT2D eigenvalue weighted by molar-refractivity contribution is 7.89. The lowest BCUT2D eigenvalue weighted by atomic mass is 10.1. The minimum Gasteiger partial charge on any atom is -0.393 e. The summed E-state index contributed by atoms with van der Waals surface area (Å²) in [5.74, 6) is -0.834. The van der Waals surface area contributed by atoms with Gasteiger partial charge in [-0.3, -0.25) is 0 Å². The smallest absolute Gasteiger partial charge is 0.242 e.